The highest BCUT2D eigenvalue weighted by atomic mass is 32.2. The van der Waals surface area contributed by atoms with Gasteiger partial charge in [0, 0.05) is 27.8 Å². The molecule has 2 atom stereocenters. The van der Waals surface area contributed by atoms with Gasteiger partial charge in [-0.3, -0.25) is 14.2 Å². The first-order chi connectivity index (χ1) is 16.7. The molecule has 3 aromatic carbocycles. The molecule has 5 nitrogen and oxygen atoms in total. The van der Waals surface area contributed by atoms with Crippen molar-refractivity contribution in [1.29, 1.82) is 0 Å². The van der Waals surface area contributed by atoms with Crippen LogP contribution < -0.4 is 14.9 Å². The number of ether oxygens (including phenoxy) is 1. The zero-order valence-corrected chi connectivity index (χ0v) is 20.3. The normalized spacial score (nSPS) is 17.1. The third-order valence-corrected chi connectivity index (χ3v) is 8.42. The summed E-state index contributed by atoms with van der Waals surface area (Å²) in [5, 5.41) is 4.01. The fourth-order valence-electron chi connectivity index (χ4n) is 4.37. The highest BCUT2D eigenvalue weighted by molar-refractivity contribution is 7.99. The van der Waals surface area contributed by atoms with Crippen molar-refractivity contribution in [1.82, 2.24) is 4.57 Å². The zero-order valence-electron chi connectivity index (χ0n) is 18.6. The van der Waals surface area contributed by atoms with Crippen LogP contribution in [0, 0.1) is 5.92 Å². The van der Waals surface area contributed by atoms with Gasteiger partial charge in [-0.1, -0.05) is 78.1 Å². The lowest BCUT2D eigenvalue weighted by Gasteiger charge is -2.31. The number of nitrogens with zero attached hydrogens (tertiary/aromatic N) is 1. The number of thiazole rings is 1. The van der Waals surface area contributed by atoms with Crippen LogP contribution in [0.2, 0.25) is 0 Å². The quantitative estimate of drug-likeness (QED) is 0.392. The van der Waals surface area contributed by atoms with Crippen molar-refractivity contribution in [3.05, 3.63) is 111 Å². The Balaban J connectivity index is 1.58. The maximum Gasteiger partial charge on any atom is 0.308 e. The number of hydrogen-bond donors (Lipinski definition) is 1. The molecule has 0 unspecified atom stereocenters. The highest BCUT2D eigenvalue weighted by Crippen LogP contribution is 2.48. The van der Waals surface area contributed by atoms with Crippen LogP contribution in [-0.4, -0.2) is 23.3 Å². The van der Waals surface area contributed by atoms with E-state index >= 15 is 0 Å². The van der Waals surface area contributed by atoms with Gasteiger partial charge in [0.2, 0.25) is 5.91 Å². The molecule has 0 bridgehead atoms. The molecule has 1 aliphatic rings. The van der Waals surface area contributed by atoms with E-state index in [1.807, 2.05) is 89.5 Å². The number of nitrogens with one attached hydrogen (secondary N) is 1. The zero-order chi connectivity index (χ0) is 23.5. The predicted molar refractivity (Wildman–Crippen MR) is 138 cm³/mol. The molecule has 0 fully saturated rings. The van der Waals surface area contributed by atoms with Gasteiger partial charge in [-0.25, -0.2) is 0 Å². The molecule has 0 radical (unpaired) electrons. The number of benzene rings is 3. The highest BCUT2D eigenvalue weighted by Gasteiger charge is 2.40. The smallest absolute Gasteiger partial charge is 0.308 e. The Morgan fingerprint density at radius 1 is 1.00 bits per heavy atom. The molecule has 0 saturated heterocycles. The van der Waals surface area contributed by atoms with E-state index in [2.05, 4.69) is 5.32 Å². The van der Waals surface area contributed by atoms with Crippen molar-refractivity contribution in [2.75, 3.05) is 18.2 Å². The number of aromatic nitrogens is 1. The van der Waals surface area contributed by atoms with Crippen LogP contribution in [0.5, 0.6) is 5.75 Å². The van der Waals surface area contributed by atoms with E-state index in [4.69, 9.17) is 4.74 Å². The average molecular weight is 489 g/mol. The molecule has 34 heavy (non-hydrogen) atoms. The van der Waals surface area contributed by atoms with Gasteiger partial charge in [0.15, 0.2) is 0 Å². The molecular weight excluding hydrogens is 464 g/mol. The topological polar surface area (TPSA) is 60.3 Å². The standard InChI is InChI=1S/C27H24N2O3S2/c1-32-22-15-9-8-14-20(22)23-21(25(30)28-19-12-6-3-7-13-19)17-33-26-24(23)34-27(31)29(26)16-18-10-4-2-5-11-18/h2-15,21,23H,16-17H2,1H3,(H,28,30)/t21-,23-/m0/s1. The number of para-hydroxylation sites is 2. The second-order valence-electron chi connectivity index (χ2n) is 8.10. The van der Waals surface area contributed by atoms with Crippen molar-refractivity contribution in [2.24, 2.45) is 5.92 Å². The molecule has 7 heteroatoms. The van der Waals surface area contributed by atoms with E-state index in [1.165, 1.54) is 11.3 Å². The van der Waals surface area contributed by atoms with E-state index < -0.39 is 0 Å². The number of carbonyl (C=O) groups excluding carboxylic acids is 1. The minimum absolute atomic E-state index is 0.00892. The third kappa shape index (κ3) is 4.41. The Morgan fingerprint density at radius 2 is 1.68 bits per heavy atom. The summed E-state index contributed by atoms with van der Waals surface area (Å²) in [5.74, 6) is 0.608. The van der Waals surface area contributed by atoms with Gasteiger partial charge in [-0.2, -0.15) is 0 Å². The number of rotatable bonds is 6. The summed E-state index contributed by atoms with van der Waals surface area (Å²) in [6, 6.07) is 27.2. The number of methoxy groups -OCH3 is 1. The van der Waals surface area contributed by atoms with Gasteiger partial charge in [0.1, 0.15) is 5.75 Å². The minimum Gasteiger partial charge on any atom is -0.496 e. The first kappa shape index (κ1) is 22.5. The molecule has 2 heterocycles. The lowest BCUT2D eigenvalue weighted by molar-refractivity contribution is -0.119. The summed E-state index contributed by atoms with van der Waals surface area (Å²) in [6.07, 6.45) is 0. The molecular formula is C27H24N2O3S2. The minimum atomic E-state index is -0.350. The summed E-state index contributed by atoms with van der Waals surface area (Å²) in [5.41, 5.74) is 2.76. The molecule has 1 aromatic heterocycles. The number of anilines is 1. The van der Waals surface area contributed by atoms with Gasteiger partial charge in [0.25, 0.3) is 0 Å². The van der Waals surface area contributed by atoms with Crippen LogP contribution in [0.3, 0.4) is 0 Å². The van der Waals surface area contributed by atoms with Gasteiger partial charge in [-0.05, 0) is 23.8 Å². The first-order valence-corrected chi connectivity index (χ1v) is 12.8. The number of hydrogen-bond acceptors (Lipinski definition) is 5. The number of thioether (sulfide) groups is 1. The summed E-state index contributed by atoms with van der Waals surface area (Å²) < 4.78 is 7.51. The average Bonchev–Trinajstić information content (AvgIpc) is 3.19. The molecule has 0 spiro atoms. The van der Waals surface area contributed by atoms with Gasteiger partial charge < -0.3 is 10.1 Å². The van der Waals surface area contributed by atoms with Crippen molar-refractivity contribution in [3.8, 4) is 5.75 Å². The second kappa shape index (κ2) is 9.91. The van der Waals surface area contributed by atoms with Crippen molar-refractivity contribution in [2.45, 2.75) is 17.5 Å². The Hall–Kier alpha value is -3.29. The lowest BCUT2D eigenvalue weighted by Crippen LogP contribution is -2.33. The van der Waals surface area contributed by atoms with Crippen LogP contribution >= 0.6 is 23.1 Å². The molecule has 1 amide bonds. The van der Waals surface area contributed by atoms with Crippen LogP contribution in [0.1, 0.15) is 21.9 Å². The summed E-state index contributed by atoms with van der Waals surface area (Å²) in [7, 11) is 1.64. The Labute approximate surface area is 206 Å². The molecule has 1 N–H and O–H groups in total. The second-order valence-corrected chi connectivity index (χ2v) is 10.1. The summed E-state index contributed by atoms with van der Waals surface area (Å²) in [6.45, 7) is 0.512. The van der Waals surface area contributed by atoms with Crippen molar-refractivity contribution >= 4 is 34.7 Å². The first-order valence-electron chi connectivity index (χ1n) is 11.0. The molecule has 1 aliphatic heterocycles. The monoisotopic (exact) mass is 488 g/mol. The van der Waals surface area contributed by atoms with Crippen LogP contribution in [0.4, 0.5) is 5.69 Å². The van der Waals surface area contributed by atoms with Gasteiger partial charge >= 0.3 is 4.87 Å². The number of carbonyl (C=O) groups is 1. The lowest BCUT2D eigenvalue weighted by atomic mass is 9.84. The molecule has 172 valence electrons. The maximum absolute atomic E-state index is 13.5. The summed E-state index contributed by atoms with van der Waals surface area (Å²) in [4.78, 5) is 27.6. The van der Waals surface area contributed by atoms with Crippen molar-refractivity contribution in [3.63, 3.8) is 0 Å². The van der Waals surface area contributed by atoms with Crippen LogP contribution in [-0.2, 0) is 11.3 Å². The molecule has 4 aromatic rings. The SMILES string of the molecule is COc1ccccc1[C@@H]1c2sc(=O)n(Cc3ccccc3)c2SC[C@@H]1C(=O)Nc1ccccc1. The third-order valence-electron chi connectivity index (χ3n) is 5.99. The Morgan fingerprint density at radius 3 is 2.41 bits per heavy atom. The van der Waals surface area contributed by atoms with E-state index in [1.54, 1.807) is 18.9 Å². The van der Waals surface area contributed by atoms with Gasteiger partial charge in [0.05, 0.1) is 24.6 Å². The number of amides is 1. The maximum atomic E-state index is 13.5. The van der Waals surface area contributed by atoms with Crippen LogP contribution in [0.15, 0.2) is 94.7 Å². The fraction of sp³-hybridized carbons (Fsp3) is 0.185. The summed E-state index contributed by atoms with van der Waals surface area (Å²) >= 11 is 2.82. The van der Waals surface area contributed by atoms with E-state index in [9.17, 15) is 9.59 Å². The Bertz CT molecular complexity index is 1350. The number of fused-ring (bicyclic) bond motifs is 1. The van der Waals surface area contributed by atoms with E-state index in [-0.39, 0.29) is 22.6 Å². The molecule has 0 aliphatic carbocycles. The molecule has 0 saturated carbocycles. The van der Waals surface area contributed by atoms with Crippen LogP contribution in [0.25, 0.3) is 0 Å². The van der Waals surface area contributed by atoms with Crippen molar-refractivity contribution < 1.29 is 9.53 Å². The molecule has 5 rings (SSSR count). The predicted octanol–water partition coefficient (Wildman–Crippen LogP) is 5.46. The Kier molecular flexibility index (Phi) is 6.56. The van der Waals surface area contributed by atoms with E-state index in [0.29, 0.717) is 12.3 Å². The largest absolute Gasteiger partial charge is 0.496 e. The van der Waals surface area contributed by atoms with Gasteiger partial charge in [-0.15, -0.1) is 11.8 Å². The van der Waals surface area contributed by atoms with E-state index in [0.717, 1.165) is 32.5 Å². The fourth-order valence-corrected chi connectivity index (χ4v) is 7.05.